The van der Waals surface area contributed by atoms with E-state index in [1.807, 2.05) is 19.1 Å². The minimum Gasteiger partial charge on any atom is -0.274 e. The SMILES string of the molecule is Cc1ccc2c(c1)CCCN2S(=O)(=O)c1cn(C)nc1C. The lowest BCUT2D eigenvalue weighted by Crippen LogP contribution is -2.35. The smallest absolute Gasteiger partial charge is 0.267 e. The molecule has 2 aromatic rings. The van der Waals surface area contributed by atoms with Crippen LogP contribution in [0.25, 0.3) is 0 Å². The Hall–Kier alpha value is -1.82. The van der Waals surface area contributed by atoms with Gasteiger partial charge in [0.1, 0.15) is 4.90 Å². The highest BCUT2D eigenvalue weighted by molar-refractivity contribution is 7.92. The van der Waals surface area contributed by atoms with Crippen molar-refractivity contribution in [2.45, 2.75) is 31.6 Å². The van der Waals surface area contributed by atoms with Crippen molar-refractivity contribution in [1.29, 1.82) is 0 Å². The molecule has 1 aliphatic heterocycles. The Morgan fingerprint density at radius 2 is 2.00 bits per heavy atom. The molecule has 0 saturated heterocycles. The molecule has 0 spiro atoms. The minimum atomic E-state index is -3.55. The average Bonchev–Trinajstić information content (AvgIpc) is 2.77. The average molecular weight is 305 g/mol. The molecule has 0 unspecified atom stereocenters. The monoisotopic (exact) mass is 305 g/mol. The highest BCUT2D eigenvalue weighted by Crippen LogP contribution is 2.33. The maximum Gasteiger partial charge on any atom is 0.267 e. The molecule has 1 aromatic carbocycles. The summed E-state index contributed by atoms with van der Waals surface area (Å²) in [5.74, 6) is 0. The van der Waals surface area contributed by atoms with E-state index < -0.39 is 10.0 Å². The van der Waals surface area contributed by atoms with Crippen LogP contribution in [-0.2, 0) is 23.5 Å². The van der Waals surface area contributed by atoms with Gasteiger partial charge in [0, 0.05) is 19.8 Å². The fraction of sp³-hybridized carbons (Fsp3) is 0.400. The molecule has 112 valence electrons. The van der Waals surface area contributed by atoms with Gasteiger partial charge < -0.3 is 0 Å². The normalized spacial score (nSPS) is 15.1. The van der Waals surface area contributed by atoms with Crippen molar-refractivity contribution in [3.05, 3.63) is 41.2 Å². The van der Waals surface area contributed by atoms with Crippen LogP contribution in [0.3, 0.4) is 0 Å². The van der Waals surface area contributed by atoms with Gasteiger partial charge in [0.2, 0.25) is 0 Å². The van der Waals surface area contributed by atoms with Gasteiger partial charge in [-0.05, 0) is 38.3 Å². The van der Waals surface area contributed by atoms with Gasteiger partial charge in [-0.3, -0.25) is 8.99 Å². The number of fused-ring (bicyclic) bond motifs is 1. The molecule has 5 nitrogen and oxygen atoms in total. The van der Waals surface area contributed by atoms with Crippen LogP contribution in [-0.4, -0.2) is 24.7 Å². The largest absolute Gasteiger partial charge is 0.274 e. The molecule has 2 heterocycles. The standard InChI is InChI=1S/C15H19N3O2S/c1-11-6-7-14-13(9-11)5-4-8-18(14)21(19,20)15-10-17(3)16-12(15)2/h6-7,9-10H,4-5,8H2,1-3H3. The third kappa shape index (κ3) is 2.33. The molecule has 1 aromatic heterocycles. The Kier molecular flexibility index (Phi) is 3.28. The third-order valence-electron chi connectivity index (χ3n) is 3.85. The van der Waals surface area contributed by atoms with E-state index in [1.165, 1.54) is 4.31 Å². The lowest BCUT2D eigenvalue weighted by Gasteiger charge is -2.30. The van der Waals surface area contributed by atoms with Crippen LogP contribution in [0.2, 0.25) is 0 Å². The molecule has 0 N–H and O–H groups in total. The number of nitrogens with zero attached hydrogens (tertiary/aromatic N) is 3. The molecule has 0 fully saturated rings. The Morgan fingerprint density at radius 3 is 2.67 bits per heavy atom. The van der Waals surface area contributed by atoms with Crippen LogP contribution in [0.4, 0.5) is 5.69 Å². The quantitative estimate of drug-likeness (QED) is 0.854. The lowest BCUT2D eigenvalue weighted by atomic mass is 10.0. The van der Waals surface area contributed by atoms with Crippen LogP contribution in [0.5, 0.6) is 0 Å². The van der Waals surface area contributed by atoms with Crippen LogP contribution < -0.4 is 4.31 Å². The van der Waals surface area contributed by atoms with E-state index in [1.54, 1.807) is 24.9 Å². The van der Waals surface area contributed by atoms with E-state index >= 15 is 0 Å². The van der Waals surface area contributed by atoms with E-state index in [0.29, 0.717) is 17.1 Å². The summed E-state index contributed by atoms with van der Waals surface area (Å²) in [6, 6.07) is 5.95. The maximum atomic E-state index is 12.9. The first-order valence-corrected chi connectivity index (χ1v) is 8.46. The van der Waals surface area contributed by atoms with E-state index in [0.717, 1.165) is 29.7 Å². The topological polar surface area (TPSA) is 55.2 Å². The maximum absolute atomic E-state index is 12.9. The van der Waals surface area contributed by atoms with E-state index in [2.05, 4.69) is 11.2 Å². The van der Waals surface area contributed by atoms with Crippen molar-refractivity contribution in [3.8, 4) is 0 Å². The summed E-state index contributed by atoms with van der Waals surface area (Å²) in [6.07, 6.45) is 3.34. The second-order valence-electron chi connectivity index (χ2n) is 5.57. The summed E-state index contributed by atoms with van der Waals surface area (Å²) >= 11 is 0. The number of hydrogen-bond acceptors (Lipinski definition) is 3. The highest BCUT2D eigenvalue weighted by Gasteiger charge is 2.31. The fourth-order valence-electron chi connectivity index (χ4n) is 2.89. The Morgan fingerprint density at radius 1 is 1.24 bits per heavy atom. The van der Waals surface area contributed by atoms with Gasteiger partial charge in [-0.1, -0.05) is 17.7 Å². The summed E-state index contributed by atoms with van der Waals surface area (Å²) in [6.45, 7) is 4.28. The van der Waals surface area contributed by atoms with Gasteiger partial charge >= 0.3 is 0 Å². The van der Waals surface area contributed by atoms with Crippen LogP contribution >= 0.6 is 0 Å². The van der Waals surface area contributed by atoms with Gasteiger partial charge in [0.05, 0.1) is 11.4 Å². The molecule has 21 heavy (non-hydrogen) atoms. The molecular formula is C15H19N3O2S. The van der Waals surface area contributed by atoms with Crippen LogP contribution in [0.1, 0.15) is 23.2 Å². The molecule has 0 bridgehead atoms. The van der Waals surface area contributed by atoms with E-state index in [9.17, 15) is 8.42 Å². The number of rotatable bonds is 2. The second-order valence-corrected chi connectivity index (χ2v) is 7.40. The Balaban J connectivity index is 2.12. The number of aromatic nitrogens is 2. The summed E-state index contributed by atoms with van der Waals surface area (Å²) in [4.78, 5) is 0.290. The fourth-order valence-corrected chi connectivity index (χ4v) is 4.63. The molecule has 3 rings (SSSR count). The molecule has 0 aliphatic carbocycles. The number of anilines is 1. The predicted molar refractivity (Wildman–Crippen MR) is 82.0 cm³/mol. The summed E-state index contributed by atoms with van der Waals surface area (Å²) < 4.78 is 29.0. The first kappa shape index (κ1) is 14.1. The zero-order valence-electron chi connectivity index (χ0n) is 12.5. The molecule has 0 amide bonds. The Labute approximate surface area is 125 Å². The van der Waals surface area contributed by atoms with Crippen molar-refractivity contribution >= 4 is 15.7 Å². The molecule has 0 radical (unpaired) electrons. The highest BCUT2D eigenvalue weighted by atomic mass is 32.2. The van der Waals surface area contributed by atoms with Gasteiger partial charge in [-0.2, -0.15) is 5.10 Å². The van der Waals surface area contributed by atoms with Gasteiger partial charge in [0.15, 0.2) is 0 Å². The third-order valence-corrected chi connectivity index (χ3v) is 5.76. The van der Waals surface area contributed by atoms with E-state index in [-0.39, 0.29) is 0 Å². The van der Waals surface area contributed by atoms with Crippen molar-refractivity contribution in [2.24, 2.45) is 7.05 Å². The number of benzene rings is 1. The number of sulfonamides is 1. The molecule has 1 aliphatic rings. The van der Waals surface area contributed by atoms with Gasteiger partial charge in [-0.25, -0.2) is 8.42 Å². The van der Waals surface area contributed by atoms with Crippen LogP contribution in [0, 0.1) is 13.8 Å². The van der Waals surface area contributed by atoms with Crippen LogP contribution in [0.15, 0.2) is 29.3 Å². The van der Waals surface area contributed by atoms with Gasteiger partial charge in [0.25, 0.3) is 10.0 Å². The van der Waals surface area contributed by atoms with Crippen molar-refractivity contribution in [3.63, 3.8) is 0 Å². The van der Waals surface area contributed by atoms with Crippen molar-refractivity contribution < 1.29 is 8.42 Å². The molecule has 0 atom stereocenters. The number of hydrogen-bond donors (Lipinski definition) is 0. The zero-order chi connectivity index (χ0) is 15.2. The summed E-state index contributed by atoms with van der Waals surface area (Å²) in [5, 5.41) is 4.15. The van der Waals surface area contributed by atoms with Gasteiger partial charge in [-0.15, -0.1) is 0 Å². The minimum absolute atomic E-state index is 0.290. The van der Waals surface area contributed by atoms with E-state index in [4.69, 9.17) is 0 Å². The lowest BCUT2D eigenvalue weighted by molar-refractivity contribution is 0.586. The first-order chi connectivity index (χ1) is 9.89. The summed E-state index contributed by atoms with van der Waals surface area (Å²) in [5.41, 5.74) is 3.60. The molecule has 6 heteroatoms. The molecule has 0 saturated carbocycles. The van der Waals surface area contributed by atoms with Crippen molar-refractivity contribution in [1.82, 2.24) is 9.78 Å². The zero-order valence-corrected chi connectivity index (χ0v) is 13.3. The Bertz CT molecular complexity index is 793. The predicted octanol–water partition coefficient (Wildman–Crippen LogP) is 2.18. The number of aryl methyl sites for hydroxylation is 4. The van der Waals surface area contributed by atoms with Crippen molar-refractivity contribution in [2.75, 3.05) is 10.8 Å². The second kappa shape index (κ2) is 4.87. The summed E-state index contributed by atoms with van der Waals surface area (Å²) in [7, 11) is -1.81. The first-order valence-electron chi connectivity index (χ1n) is 7.02. The molecular weight excluding hydrogens is 286 g/mol.